The van der Waals surface area contributed by atoms with Gasteiger partial charge in [0.2, 0.25) is 5.91 Å². The Hall–Kier alpha value is -1.95. The molecular weight excluding hydrogens is 202 g/mol. The highest BCUT2D eigenvalue weighted by molar-refractivity contribution is 5.79. The van der Waals surface area contributed by atoms with E-state index in [1.54, 1.807) is 14.0 Å². The zero-order valence-corrected chi connectivity index (χ0v) is 9.49. The second-order valence-electron chi connectivity index (χ2n) is 3.44. The summed E-state index contributed by atoms with van der Waals surface area (Å²) in [6.45, 7) is 1.76. The Morgan fingerprint density at radius 3 is 2.88 bits per heavy atom. The molecule has 1 N–H and O–H groups in total. The topological polar surface area (TPSA) is 38.3 Å². The van der Waals surface area contributed by atoms with Crippen LogP contribution in [0.2, 0.25) is 0 Å². The molecule has 0 saturated heterocycles. The van der Waals surface area contributed by atoms with E-state index in [9.17, 15) is 4.79 Å². The molecule has 0 aromatic heterocycles. The van der Waals surface area contributed by atoms with Crippen LogP contribution in [0.25, 0.3) is 0 Å². The normalized spacial score (nSPS) is 11.3. The molecule has 1 amide bonds. The van der Waals surface area contributed by atoms with Gasteiger partial charge in [0, 0.05) is 5.56 Å². The lowest BCUT2D eigenvalue weighted by molar-refractivity contribution is -0.120. The van der Waals surface area contributed by atoms with Crippen molar-refractivity contribution in [1.29, 1.82) is 0 Å². The summed E-state index contributed by atoms with van der Waals surface area (Å²) in [5, 5.41) is 2.70. The third-order valence-corrected chi connectivity index (χ3v) is 2.17. The van der Waals surface area contributed by atoms with Gasteiger partial charge < -0.3 is 10.1 Å². The third-order valence-electron chi connectivity index (χ3n) is 2.17. The SMILES string of the molecule is C#CC(C)NC(=O)Cc1ccccc1OC. The van der Waals surface area contributed by atoms with Gasteiger partial charge >= 0.3 is 0 Å². The van der Waals surface area contributed by atoms with E-state index in [2.05, 4.69) is 11.2 Å². The van der Waals surface area contributed by atoms with Gasteiger partial charge in [-0.25, -0.2) is 0 Å². The van der Waals surface area contributed by atoms with Crippen molar-refractivity contribution in [2.75, 3.05) is 7.11 Å². The zero-order valence-electron chi connectivity index (χ0n) is 9.49. The maximum atomic E-state index is 11.6. The standard InChI is InChI=1S/C13H15NO2/c1-4-10(2)14-13(15)9-11-7-5-6-8-12(11)16-3/h1,5-8,10H,9H2,2-3H3,(H,14,15). The van der Waals surface area contributed by atoms with Gasteiger partial charge in [0.05, 0.1) is 19.6 Å². The Morgan fingerprint density at radius 1 is 1.56 bits per heavy atom. The van der Waals surface area contributed by atoms with Crippen LogP contribution < -0.4 is 10.1 Å². The van der Waals surface area contributed by atoms with Gasteiger partial charge in [-0.05, 0) is 13.0 Å². The van der Waals surface area contributed by atoms with Gasteiger partial charge in [-0.3, -0.25) is 4.79 Å². The molecule has 0 aliphatic rings. The molecule has 16 heavy (non-hydrogen) atoms. The van der Waals surface area contributed by atoms with Crippen molar-refractivity contribution < 1.29 is 9.53 Å². The third kappa shape index (κ3) is 3.32. The molecule has 0 aliphatic heterocycles. The average molecular weight is 217 g/mol. The molecule has 0 spiro atoms. The van der Waals surface area contributed by atoms with E-state index in [-0.39, 0.29) is 18.4 Å². The van der Waals surface area contributed by atoms with Crippen molar-refractivity contribution in [3.63, 3.8) is 0 Å². The number of nitrogens with one attached hydrogen (secondary N) is 1. The minimum absolute atomic E-state index is 0.102. The molecule has 1 aromatic carbocycles. The number of hydrogen-bond donors (Lipinski definition) is 1. The van der Waals surface area contributed by atoms with Crippen LogP contribution in [0.4, 0.5) is 0 Å². The van der Waals surface area contributed by atoms with Gasteiger partial charge in [-0.2, -0.15) is 0 Å². The predicted octanol–water partition coefficient (Wildman–Crippen LogP) is 1.38. The lowest BCUT2D eigenvalue weighted by Gasteiger charge is -2.10. The number of hydrogen-bond acceptors (Lipinski definition) is 2. The number of ether oxygens (including phenoxy) is 1. The summed E-state index contributed by atoms with van der Waals surface area (Å²) in [5.74, 6) is 3.06. The molecule has 0 saturated carbocycles. The molecule has 0 fully saturated rings. The summed E-state index contributed by atoms with van der Waals surface area (Å²) < 4.78 is 5.16. The van der Waals surface area contributed by atoms with E-state index < -0.39 is 0 Å². The molecule has 1 rings (SSSR count). The number of para-hydroxylation sites is 1. The minimum Gasteiger partial charge on any atom is -0.496 e. The lowest BCUT2D eigenvalue weighted by atomic mass is 10.1. The minimum atomic E-state index is -0.248. The number of amides is 1. The average Bonchev–Trinajstić information content (AvgIpc) is 2.29. The van der Waals surface area contributed by atoms with E-state index in [0.717, 1.165) is 5.56 Å². The van der Waals surface area contributed by atoms with Crippen molar-refractivity contribution in [2.24, 2.45) is 0 Å². The van der Waals surface area contributed by atoms with Crippen molar-refractivity contribution >= 4 is 5.91 Å². The van der Waals surface area contributed by atoms with Crippen molar-refractivity contribution in [2.45, 2.75) is 19.4 Å². The lowest BCUT2D eigenvalue weighted by Crippen LogP contribution is -2.32. The summed E-state index contributed by atoms with van der Waals surface area (Å²) >= 11 is 0. The summed E-state index contributed by atoms with van der Waals surface area (Å²) in [6, 6.07) is 7.17. The van der Waals surface area contributed by atoms with Crippen molar-refractivity contribution in [3.8, 4) is 18.1 Å². The monoisotopic (exact) mass is 217 g/mol. The fourth-order valence-electron chi connectivity index (χ4n) is 1.36. The van der Waals surface area contributed by atoms with Crippen LogP contribution in [0.3, 0.4) is 0 Å². The Balaban J connectivity index is 2.66. The Morgan fingerprint density at radius 2 is 2.25 bits per heavy atom. The molecule has 0 aliphatic carbocycles. The Bertz CT molecular complexity index is 407. The molecule has 84 valence electrons. The van der Waals surface area contributed by atoms with E-state index in [0.29, 0.717) is 5.75 Å². The molecule has 1 aromatic rings. The maximum Gasteiger partial charge on any atom is 0.225 e. The highest BCUT2D eigenvalue weighted by Crippen LogP contribution is 2.17. The number of carbonyl (C=O) groups is 1. The van der Waals surface area contributed by atoms with Gasteiger partial charge in [0.25, 0.3) is 0 Å². The van der Waals surface area contributed by atoms with Crippen LogP contribution in [-0.2, 0) is 11.2 Å². The van der Waals surface area contributed by atoms with Crippen molar-refractivity contribution in [3.05, 3.63) is 29.8 Å². The number of carbonyl (C=O) groups excluding carboxylic acids is 1. The highest BCUT2D eigenvalue weighted by Gasteiger charge is 2.09. The predicted molar refractivity (Wildman–Crippen MR) is 63.1 cm³/mol. The quantitative estimate of drug-likeness (QED) is 0.774. The first-order chi connectivity index (χ1) is 7.67. The largest absolute Gasteiger partial charge is 0.496 e. The maximum absolute atomic E-state index is 11.6. The van der Waals surface area contributed by atoms with E-state index >= 15 is 0 Å². The molecule has 0 bridgehead atoms. The first kappa shape index (κ1) is 12.1. The zero-order chi connectivity index (χ0) is 12.0. The smallest absolute Gasteiger partial charge is 0.225 e. The number of benzene rings is 1. The molecule has 0 heterocycles. The van der Waals surface area contributed by atoms with Crippen LogP contribution >= 0.6 is 0 Å². The second kappa shape index (κ2) is 5.82. The van der Waals surface area contributed by atoms with E-state index in [4.69, 9.17) is 11.2 Å². The van der Waals surface area contributed by atoms with Gasteiger partial charge in [0.15, 0.2) is 0 Å². The van der Waals surface area contributed by atoms with Crippen LogP contribution in [-0.4, -0.2) is 19.1 Å². The van der Waals surface area contributed by atoms with Gasteiger partial charge in [-0.15, -0.1) is 6.42 Å². The first-order valence-electron chi connectivity index (χ1n) is 5.04. The van der Waals surface area contributed by atoms with Crippen LogP contribution in [0.5, 0.6) is 5.75 Å². The summed E-state index contributed by atoms with van der Waals surface area (Å²) in [4.78, 5) is 11.6. The number of methoxy groups -OCH3 is 1. The second-order valence-corrected chi connectivity index (χ2v) is 3.44. The van der Waals surface area contributed by atoms with Crippen LogP contribution in [0.15, 0.2) is 24.3 Å². The van der Waals surface area contributed by atoms with Crippen LogP contribution in [0, 0.1) is 12.3 Å². The fourth-order valence-corrected chi connectivity index (χ4v) is 1.36. The Kier molecular flexibility index (Phi) is 4.41. The van der Waals surface area contributed by atoms with Crippen LogP contribution in [0.1, 0.15) is 12.5 Å². The molecule has 3 heteroatoms. The summed E-state index contributed by atoms with van der Waals surface area (Å²) in [5.41, 5.74) is 0.853. The number of terminal acetylenes is 1. The molecule has 1 atom stereocenters. The molecular formula is C13H15NO2. The van der Waals surface area contributed by atoms with E-state index in [1.807, 2.05) is 24.3 Å². The fraction of sp³-hybridized carbons (Fsp3) is 0.308. The molecule has 3 nitrogen and oxygen atoms in total. The molecule has 0 radical (unpaired) electrons. The summed E-state index contributed by atoms with van der Waals surface area (Å²) in [6.07, 6.45) is 5.45. The van der Waals surface area contributed by atoms with Gasteiger partial charge in [-0.1, -0.05) is 24.1 Å². The molecule has 1 unspecified atom stereocenters. The summed E-state index contributed by atoms with van der Waals surface area (Å²) in [7, 11) is 1.58. The van der Waals surface area contributed by atoms with Crippen molar-refractivity contribution in [1.82, 2.24) is 5.32 Å². The first-order valence-corrected chi connectivity index (χ1v) is 5.04. The Labute approximate surface area is 95.8 Å². The van der Waals surface area contributed by atoms with Gasteiger partial charge in [0.1, 0.15) is 5.75 Å². The van der Waals surface area contributed by atoms with E-state index in [1.165, 1.54) is 0 Å². The number of rotatable bonds is 4. The highest BCUT2D eigenvalue weighted by atomic mass is 16.5.